The number of aliphatic imine (C=N–C) groups is 1. The van der Waals surface area contributed by atoms with Gasteiger partial charge in [-0.2, -0.15) is 0 Å². The van der Waals surface area contributed by atoms with Crippen molar-refractivity contribution in [2.75, 3.05) is 39.4 Å². The third kappa shape index (κ3) is 3.95. The zero-order valence-electron chi connectivity index (χ0n) is 17.4. The molecule has 3 rings (SSSR count). The van der Waals surface area contributed by atoms with Gasteiger partial charge in [-0.05, 0) is 30.3 Å². The summed E-state index contributed by atoms with van der Waals surface area (Å²) in [6, 6.07) is 0.294. The zero-order chi connectivity index (χ0) is 18.4. The number of morpholine rings is 1. The van der Waals surface area contributed by atoms with E-state index in [4.69, 9.17) is 9.73 Å². The highest BCUT2D eigenvalue weighted by molar-refractivity contribution is 5.90. The van der Waals surface area contributed by atoms with E-state index in [0.29, 0.717) is 12.0 Å². The van der Waals surface area contributed by atoms with Gasteiger partial charge in [0.05, 0.1) is 19.3 Å². The highest BCUT2D eigenvalue weighted by Gasteiger charge is 2.42. The van der Waals surface area contributed by atoms with E-state index in [-0.39, 0.29) is 10.8 Å². The Bertz CT molecular complexity index is 559. The third-order valence-corrected chi connectivity index (χ3v) is 5.65. The van der Waals surface area contributed by atoms with Crippen LogP contribution >= 0.6 is 0 Å². The molecule has 2 saturated heterocycles. The number of rotatable bonds is 2. The van der Waals surface area contributed by atoms with Gasteiger partial charge < -0.3 is 9.64 Å². The zero-order valence-corrected chi connectivity index (χ0v) is 17.4. The summed E-state index contributed by atoms with van der Waals surface area (Å²) in [4.78, 5) is 10.3. The minimum atomic E-state index is 0.0940. The lowest BCUT2D eigenvalue weighted by molar-refractivity contribution is 0.0315. The molecule has 4 heteroatoms. The Kier molecular flexibility index (Phi) is 5.06. The summed E-state index contributed by atoms with van der Waals surface area (Å²) in [6.45, 7) is 22.5. The van der Waals surface area contributed by atoms with Gasteiger partial charge in [0.25, 0.3) is 0 Å². The van der Waals surface area contributed by atoms with Crippen LogP contribution in [0, 0.1) is 16.7 Å². The number of nitrogens with zero attached hydrogens (tertiary/aromatic N) is 3. The fourth-order valence-electron chi connectivity index (χ4n) is 4.77. The number of amidine groups is 1. The number of allylic oxidation sites excluding steroid dienone is 1. The highest BCUT2D eigenvalue weighted by atomic mass is 16.5. The van der Waals surface area contributed by atoms with Gasteiger partial charge in [-0.25, -0.2) is 0 Å². The monoisotopic (exact) mass is 347 g/mol. The van der Waals surface area contributed by atoms with Gasteiger partial charge in [0.15, 0.2) is 0 Å². The van der Waals surface area contributed by atoms with Crippen LogP contribution in [0.25, 0.3) is 0 Å². The van der Waals surface area contributed by atoms with Gasteiger partial charge in [-0.15, -0.1) is 0 Å². The summed E-state index contributed by atoms with van der Waals surface area (Å²) < 4.78 is 5.52. The molecule has 0 aromatic carbocycles. The van der Waals surface area contributed by atoms with E-state index in [1.165, 1.54) is 18.8 Å². The summed E-state index contributed by atoms with van der Waals surface area (Å²) in [6.07, 6.45) is 1.20. The molecule has 0 bridgehead atoms. The first kappa shape index (κ1) is 18.9. The molecule has 0 saturated carbocycles. The molecule has 25 heavy (non-hydrogen) atoms. The molecular weight excluding hydrogens is 310 g/mol. The Labute approximate surface area is 154 Å². The first-order chi connectivity index (χ1) is 11.6. The molecule has 0 aromatic rings. The Morgan fingerprint density at radius 2 is 1.68 bits per heavy atom. The van der Waals surface area contributed by atoms with E-state index in [9.17, 15) is 0 Å². The summed E-state index contributed by atoms with van der Waals surface area (Å²) >= 11 is 0. The largest absolute Gasteiger partial charge is 0.379 e. The molecule has 3 aliphatic heterocycles. The molecule has 0 unspecified atom stereocenters. The summed E-state index contributed by atoms with van der Waals surface area (Å²) in [5, 5.41) is 0. The second-order valence-corrected chi connectivity index (χ2v) is 10.1. The topological polar surface area (TPSA) is 28.1 Å². The van der Waals surface area contributed by atoms with Crippen molar-refractivity contribution in [3.63, 3.8) is 0 Å². The van der Waals surface area contributed by atoms with E-state index >= 15 is 0 Å². The number of hydrogen-bond acceptors (Lipinski definition) is 4. The predicted molar refractivity (Wildman–Crippen MR) is 105 cm³/mol. The first-order valence-electron chi connectivity index (χ1n) is 9.97. The molecular formula is C21H37N3O. The van der Waals surface area contributed by atoms with Crippen molar-refractivity contribution in [3.8, 4) is 0 Å². The van der Waals surface area contributed by atoms with Crippen molar-refractivity contribution in [1.29, 1.82) is 0 Å². The molecule has 0 aliphatic carbocycles. The van der Waals surface area contributed by atoms with E-state index in [1.807, 2.05) is 0 Å². The fraction of sp³-hybridized carbons (Fsp3) is 0.857. The minimum absolute atomic E-state index is 0.0940. The van der Waals surface area contributed by atoms with E-state index in [1.54, 1.807) is 11.3 Å². The normalized spacial score (nSPS) is 29.1. The molecule has 3 aliphatic rings. The average molecular weight is 348 g/mol. The van der Waals surface area contributed by atoms with Crippen molar-refractivity contribution in [2.45, 2.75) is 60.9 Å². The molecule has 0 amide bonds. The Morgan fingerprint density at radius 3 is 2.24 bits per heavy atom. The lowest BCUT2D eigenvalue weighted by Crippen LogP contribution is -2.44. The standard InChI is InChI=1S/C21H37N3O/c1-15-18(20(2,3)4)17-12-16(13-23-8-10-25-11-9-23)14-24(17)19(22-15)21(5,6)7/h15-16H,8-14H2,1-7H3/t15-,16+/m1/s1. The SMILES string of the molecule is C[C@H]1N=C(C(C)(C)C)N2C[C@H](CN3CCOCC3)CC2=C1C(C)(C)C. The number of fused-ring (bicyclic) bond motifs is 1. The summed E-state index contributed by atoms with van der Waals surface area (Å²) in [5.74, 6) is 1.98. The van der Waals surface area contributed by atoms with Crippen LogP contribution in [0.4, 0.5) is 0 Å². The van der Waals surface area contributed by atoms with Gasteiger partial charge in [0, 0.05) is 37.3 Å². The van der Waals surface area contributed by atoms with Gasteiger partial charge in [0.1, 0.15) is 5.84 Å². The van der Waals surface area contributed by atoms with Gasteiger partial charge in [-0.1, -0.05) is 41.5 Å². The Balaban J connectivity index is 1.87. The second-order valence-electron chi connectivity index (χ2n) is 10.1. The van der Waals surface area contributed by atoms with Crippen LogP contribution in [0.1, 0.15) is 54.9 Å². The van der Waals surface area contributed by atoms with Crippen LogP contribution in [0.2, 0.25) is 0 Å². The van der Waals surface area contributed by atoms with Crippen LogP contribution in [-0.2, 0) is 4.74 Å². The molecule has 0 aromatic heterocycles. The summed E-state index contributed by atoms with van der Waals surface area (Å²) in [5.41, 5.74) is 3.38. The number of ether oxygens (including phenoxy) is 1. The minimum Gasteiger partial charge on any atom is -0.379 e. The molecule has 0 spiro atoms. The van der Waals surface area contributed by atoms with Gasteiger partial charge in [-0.3, -0.25) is 9.89 Å². The van der Waals surface area contributed by atoms with Crippen molar-refractivity contribution < 1.29 is 4.74 Å². The van der Waals surface area contributed by atoms with E-state index in [0.717, 1.165) is 32.8 Å². The molecule has 0 radical (unpaired) electrons. The first-order valence-corrected chi connectivity index (χ1v) is 9.97. The van der Waals surface area contributed by atoms with Crippen molar-refractivity contribution >= 4 is 5.84 Å². The maximum atomic E-state index is 5.52. The predicted octanol–water partition coefficient (Wildman–Crippen LogP) is 3.79. The van der Waals surface area contributed by atoms with Crippen LogP contribution < -0.4 is 0 Å². The highest BCUT2D eigenvalue weighted by Crippen LogP contribution is 2.44. The average Bonchev–Trinajstić information content (AvgIpc) is 2.87. The van der Waals surface area contributed by atoms with Crippen molar-refractivity contribution in [1.82, 2.24) is 9.80 Å². The van der Waals surface area contributed by atoms with Crippen molar-refractivity contribution in [3.05, 3.63) is 11.3 Å². The lowest BCUT2D eigenvalue weighted by Gasteiger charge is -2.41. The van der Waals surface area contributed by atoms with Crippen LogP contribution in [0.3, 0.4) is 0 Å². The molecule has 2 fully saturated rings. The van der Waals surface area contributed by atoms with Crippen LogP contribution in [0.15, 0.2) is 16.3 Å². The van der Waals surface area contributed by atoms with E-state index in [2.05, 4.69) is 58.3 Å². The van der Waals surface area contributed by atoms with Gasteiger partial charge in [0.2, 0.25) is 0 Å². The van der Waals surface area contributed by atoms with E-state index < -0.39 is 0 Å². The number of hydrogen-bond donors (Lipinski definition) is 0. The molecule has 142 valence electrons. The molecule has 2 atom stereocenters. The Hall–Kier alpha value is -0.870. The molecule has 4 nitrogen and oxygen atoms in total. The maximum Gasteiger partial charge on any atom is 0.109 e. The fourth-order valence-corrected chi connectivity index (χ4v) is 4.77. The van der Waals surface area contributed by atoms with Crippen molar-refractivity contribution in [2.24, 2.45) is 21.7 Å². The van der Waals surface area contributed by atoms with Crippen LogP contribution in [0.5, 0.6) is 0 Å². The summed E-state index contributed by atoms with van der Waals surface area (Å²) in [7, 11) is 0. The van der Waals surface area contributed by atoms with Crippen LogP contribution in [-0.4, -0.2) is 61.1 Å². The lowest BCUT2D eigenvalue weighted by atomic mass is 9.79. The second kappa shape index (κ2) is 6.70. The molecule has 0 N–H and O–H groups in total. The third-order valence-electron chi connectivity index (χ3n) is 5.65. The molecule has 3 heterocycles. The smallest absolute Gasteiger partial charge is 0.109 e. The quantitative estimate of drug-likeness (QED) is 0.761. The van der Waals surface area contributed by atoms with Gasteiger partial charge >= 0.3 is 0 Å². The maximum absolute atomic E-state index is 5.52. The Morgan fingerprint density at radius 1 is 1.04 bits per heavy atom.